The van der Waals surface area contributed by atoms with E-state index in [1.807, 2.05) is 13.8 Å². The van der Waals surface area contributed by atoms with Crippen molar-refractivity contribution in [3.63, 3.8) is 0 Å². The summed E-state index contributed by atoms with van der Waals surface area (Å²) < 4.78 is 15.1. The Labute approximate surface area is 120 Å². The maximum absolute atomic E-state index is 13.8. The molecule has 0 saturated carbocycles. The summed E-state index contributed by atoms with van der Waals surface area (Å²) in [6.45, 7) is 3.86. The van der Waals surface area contributed by atoms with Crippen molar-refractivity contribution in [2.24, 2.45) is 0 Å². The van der Waals surface area contributed by atoms with E-state index in [4.69, 9.17) is 5.11 Å². The summed E-state index contributed by atoms with van der Waals surface area (Å²) >= 11 is 0. The molecule has 0 radical (unpaired) electrons. The first-order valence-electron chi connectivity index (χ1n) is 6.46. The molecule has 110 valence electrons. The van der Waals surface area contributed by atoms with Crippen molar-refractivity contribution in [2.45, 2.75) is 26.3 Å². The summed E-state index contributed by atoms with van der Waals surface area (Å²) in [7, 11) is 0. The Hall–Kier alpha value is -2.50. The molecule has 0 saturated heterocycles. The van der Waals surface area contributed by atoms with Gasteiger partial charge in [0.25, 0.3) is 5.56 Å². The monoisotopic (exact) mass is 290 g/mol. The molecular formula is C15H15FN2O3. The van der Waals surface area contributed by atoms with Crippen molar-refractivity contribution in [1.29, 1.82) is 0 Å². The second-order valence-electron chi connectivity index (χ2n) is 5.05. The van der Waals surface area contributed by atoms with E-state index in [0.717, 1.165) is 6.07 Å². The van der Waals surface area contributed by atoms with Gasteiger partial charge >= 0.3 is 5.97 Å². The SMILES string of the molecule is CC(C)c1cc(=O)n(Cc2ccc(C(=O)O)cc2F)cn1. The average Bonchev–Trinajstić information content (AvgIpc) is 2.42. The van der Waals surface area contributed by atoms with Gasteiger partial charge in [-0.05, 0) is 18.1 Å². The quantitative estimate of drug-likeness (QED) is 0.937. The number of carbonyl (C=O) groups is 1. The first kappa shape index (κ1) is 14.9. The zero-order valence-corrected chi connectivity index (χ0v) is 11.7. The predicted octanol–water partition coefficient (Wildman–Crippen LogP) is 2.25. The van der Waals surface area contributed by atoms with Gasteiger partial charge in [0.1, 0.15) is 5.82 Å². The molecule has 0 unspecified atom stereocenters. The molecule has 0 aliphatic heterocycles. The van der Waals surface area contributed by atoms with Gasteiger partial charge in [-0.2, -0.15) is 0 Å². The van der Waals surface area contributed by atoms with E-state index in [0.29, 0.717) is 5.69 Å². The van der Waals surface area contributed by atoms with Crippen LogP contribution in [-0.4, -0.2) is 20.6 Å². The highest BCUT2D eigenvalue weighted by molar-refractivity contribution is 5.87. The minimum atomic E-state index is -1.19. The van der Waals surface area contributed by atoms with Crippen LogP contribution in [0.4, 0.5) is 4.39 Å². The number of aromatic carboxylic acids is 1. The molecular weight excluding hydrogens is 275 g/mol. The molecule has 2 aromatic rings. The van der Waals surface area contributed by atoms with Crippen LogP contribution in [0.2, 0.25) is 0 Å². The topological polar surface area (TPSA) is 72.2 Å². The van der Waals surface area contributed by atoms with Gasteiger partial charge in [0.05, 0.1) is 24.1 Å². The summed E-state index contributed by atoms with van der Waals surface area (Å²) in [5.41, 5.74) is 0.520. The van der Waals surface area contributed by atoms with Gasteiger partial charge in [-0.25, -0.2) is 14.2 Å². The van der Waals surface area contributed by atoms with Crippen molar-refractivity contribution in [2.75, 3.05) is 0 Å². The third-order valence-corrected chi connectivity index (χ3v) is 3.13. The third-order valence-electron chi connectivity index (χ3n) is 3.13. The van der Waals surface area contributed by atoms with Crippen molar-refractivity contribution >= 4 is 5.97 Å². The second-order valence-corrected chi connectivity index (χ2v) is 5.05. The maximum Gasteiger partial charge on any atom is 0.335 e. The third kappa shape index (κ3) is 3.34. The summed E-state index contributed by atoms with van der Waals surface area (Å²) in [6.07, 6.45) is 1.38. The molecule has 1 aromatic carbocycles. The molecule has 1 aromatic heterocycles. The van der Waals surface area contributed by atoms with Gasteiger partial charge in [-0.15, -0.1) is 0 Å². The van der Waals surface area contributed by atoms with Crippen LogP contribution in [0, 0.1) is 5.82 Å². The van der Waals surface area contributed by atoms with Crippen molar-refractivity contribution < 1.29 is 14.3 Å². The highest BCUT2D eigenvalue weighted by atomic mass is 19.1. The largest absolute Gasteiger partial charge is 0.478 e. The summed E-state index contributed by atoms with van der Waals surface area (Å²) in [5.74, 6) is -1.71. The molecule has 0 spiro atoms. The summed E-state index contributed by atoms with van der Waals surface area (Å²) in [5, 5.41) is 8.78. The Morgan fingerprint density at radius 2 is 2.10 bits per heavy atom. The second kappa shape index (κ2) is 5.87. The molecule has 0 fully saturated rings. The Kier molecular flexibility index (Phi) is 4.16. The number of halogens is 1. The minimum Gasteiger partial charge on any atom is -0.478 e. The zero-order valence-electron chi connectivity index (χ0n) is 11.7. The number of carboxylic acids is 1. The Bertz CT molecular complexity index is 738. The molecule has 1 heterocycles. The fourth-order valence-corrected chi connectivity index (χ4v) is 1.87. The van der Waals surface area contributed by atoms with E-state index in [1.165, 1.54) is 29.1 Å². The molecule has 2 rings (SSSR count). The van der Waals surface area contributed by atoms with E-state index < -0.39 is 11.8 Å². The number of aromatic nitrogens is 2. The fraction of sp³-hybridized carbons (Fsp3) is 0.267. The van der Waals surface area contributed by atoms with Crippen LogP contribution in [0.3, 0.4) is 0 Å². The summed E-state index contributed by atoms with van der Waals surface area (Å²) in [6, 6.07) is 5.04. The average molecular weight is 290 g/mol. The number of hydrogen-bond donors (Lipinski definition) is 1. The first-order valence-corrected chi connectivity index (χ1v) is 6.46. The first-order chi connectivity index (χ1) is 9.88. The number of hydrogen-bond acceptors (Lipinski definition) is 3. The van der Waals surface area contributed by atoms with Gasteiger partial charge in [0.2, 0.25) is 0 Å². The molecule has 1 N–H and O–H groups in total. The molecule has 0 bridgehead atoms. The number of carboxylic acid groups (broad SMARTS) is 1. The van der Waals surface area contributed by atoms with Gasteiger partial charge in [0.15, 0.2) is 0 Å². The standard InChI is InChI=1S/C15H15FN2O3/c1-9(2)13-6-14(19)18(8-17-13)7-11-4-3-10(15(20)21)5-12(11)16/h3-6,8-9H,7H2,1-2H3,(H,20,21). The fourth-order valence-electron chi connectivity index (χ4n) is 1.87. The molecule has 0 amide bonds. The lowest BCUT2D eigenvalue weighted by Crippen LogP contribution is -2.22. The van der Waals surface area contributed by atoms with E-state index in [2.05, 4.69) is 4.98 Å². The van der Waals surface area contributed by atoms with Crippen LogP contribution in [0.15, 0.2) is 35.4 Å². The van der Waals surface area contributed by atoms with Crippen molar-refractivity contribution in [3.05, 3.63) is 63.6 Å². The molecule has 5 nitrogen and oxygen atoms in total. The van der Waals surface area contributed by atoms with E-state index >= 15 is 0 Å². The predicted molar refractivity (Wildman–Crippen MR) is 75.0 cm³/mol. The van der Waals surface area contributed by atoms with Crippen LogP contribution in [-0.2, 0) is 6.54 Å². The lowest BCUT2D eigenvalue weighted by atomic mass is 10.1. The van der Waals surface area contributed by atoms with E-state index in [-0.39, 0.29) is 29.1 Å². The van der Waals surface area contributed by atoms with Crippen LogP contribution in [0.25, 0.3) is 0 Å². The Morgan fingerprint density at radius 1 is 1.38 bits per heavy atom. The smallest absolute Gasteiger partial charge is 0.335 e. The normalized spacial score (nSPS) is 10.9. The number of nitrogens with zero attached hydrogens (tertiary/aromatic N) is 2. The van der Waals surface area contributed by atoms with Gasteiger partial charge < -0.3 is 5.11 Å². The molecule has 0 aliphatic carbocycles. The molecule has 0 aliphatic rings. The highest BCUT2D eigenvalue weighted by Crippen LogP contribution is 2.12. The lowest BCUT2D eigenvalue weighted by Gasteiger charge is -2.09. The maximum atomic E-state index is 13.8. The Morgan fingerprint density at radius 3 is 2.62 bits per heavy atom. The highest BCUT2D eigenvalue weighted by Gasteiger charge is 2.10. The van der Waals surface area contributed by atoms with Crippen LogP contribution in [0.1, 0.15) is 41.4 Å². The number of benzene rings is 1. The van der Waals surface area contributed by atoms with Gasteiger partial charge in [-0.1, -0.05) is 19.9 Å². The Balaban J connectivity index is 2.30. The van der Waals surface area contributed by atoms with Crippen LogP contribution >= 0.6 is 0 Å². The zero-order chi connectivity index (χ0) is 15.6. The van der Waals surface area contributed by atoms with E-state index in [1.54, 1.807) is 0 Å². The van der Waals surface area contributed by atoms with Crippen LogP contribution < -0.4 is 5.56 Å². The minimum absolute atomic E-state index is 0.00986. The number of rotatable bonds is 4. The van der Waals surface area contributed by atoms with Crippen molar-refractivity contribution in [3.8, 4) is 0 Å². The molecule has 0 atom stereocenters. The lowest BCUT2D eigenvalue weighted by molar-refractivity contribution is 0.0696. The van der Waals surface area contributed by atoms with Crippen molar-refractivity contribution in [1.82, 2.24) is 9.55 Å². The van der Waals surface area contributed by atoms with Gasteiger partial charge in [0, 0.05) is 11.6 Å². The van der Waals surface area contributed by atoms with Gasteiger partial charge in [-0.3, -0.25) is 9.36 Å². The molecule has 6 heteroatoms. The summed E-state index contributed by atoms with van der Waals surface area (Å²) in [4.78, 5) is 26.8. The van der Waals surface area contributed by atoms with E-state index in [9.17, 15) is 14.0 Å². The molecule has 21 heavy (non-hydrogen) atoms. The van der Waals surface area contributed by atoms with Crippen LogP contribution in [0.5, 0.6) is 0 Å².